The Morgan fingerprint density at radius 2 is 1.79 bits per heavy atom. The molecule has 0 radical (unpaired) electrons. The zero-order valence-corrected chi connectivity index (χ0v) is 11.5. The molecule has 19 heavy (non-hydrogen) atoms. The third kappa shape index (κ3) is 3.45. The number of rotatable bonds is 4. The Hall–Kier alpha value is -1.13. The van der Waals surface area contributed by atoms with Crippen LogP contribution in [0.1, 0.15) is 17.2 Å². The standard InChI is InChI=1S/C14H13Cl2FN2/c15-11-6-4-9(5-7-11)13(19-18)8-10-2-1-3-12(16)14(10)17/h1-7,13,19H,8,18H2. The van der Waals surface area contributed by atoms with Gasteiger partial charge in [-0.2, -0.15) is 0 Å². The molecule has 1 unspecified atom stereocenters. The summed E-state index contributed by atoms with van der Waals surface area (Å²) in [5.41, 5.74) is 4.14. The molecular weight excluding hydrogens is 286 g/mol. The minimum absolute atomic E-state index is 0.115. The van der Waals surface area contributed by atoms with Gasteiger partial charge in [0.25, 0.3) is 0 Å². The maximum Gasteiger partial charge on any atom is 0.145 e. The second-order valence-corrected chi connectivity index (χ2v) is 5.03. The van der Waals surface area contributed by atoms with Crippen LogP contribution in [-0.4, -0.2) is 0 Å². The van der Waals surface area contributed by atoms with Gasteiger partial charge in [0.05, 0.1) is 11.1 Å². The molecule has 2 nitrogen and oxygen atoms in total. The summed E-state index contributed by atoms with van der Waals surface area (Å²) in [5.74, 6) is 5.14. The lowest BCUT2D eigenvalue weighted by Crippen LogP contribution is -2.29. The highest BCUT2D eigenvalue weighted by molar-refractivity contribution is 6.31. The molecule has 5 heteroatoms. The molecule has 0 fully saturated rings. The summed E-state index contributed by atoms with van der Waals surface area (Å²) in [4.78, 5) is 0. The normalized spacial score (nSPS) is 12.4. The summed E-state index contributed by atoms with van der Waals surface area (Å²) in [5, 5.41) is 0.762. The Morgan fingerprint density at radius 3 is 2.42 bits per heavy atom. The van der Waals surface area contributed by atoms with Crippen molar-refractivity contribution in [2.75, 3.05) is 0 Å². The molecule has 1 atom stereocenters. The highest BCUT2D eigenvalue weighted by atomic mass is 35.5. The van der Waals surface area contributed by atoms with Crippen LogP contribution in [0.2, 0.25) is 10.0 Å². The second kappa shape index (κ2) is 6.35. The van der Waals surface area contributed by atoms with Gasteiger partial charge in [0, 0.05) is 5.02 Å². The van der Waals surface area contributed by atoms with Crippen LogP contribution in [0.4, 0.5) is 4.39 Å². The molecule has 2 aromatic rings. The molecule has 2 rings (SSSR count). The van der Waals surface area contributed by atoms with Crippen molar-refractivity contribution in [2.45, 2.75) is 12.5 Å². The van der Waals surface area contributed by atoms with E-state index < -0.39 is 5.82 Å². The fraction of sp³-hybridized carbons (Fsp3) is 0.143. The van der Waals surface area contributed by atoms with E-state index in [4.69, 9.17) is 29.0 Å². The van der Waals surface area contributed by atoms with E-state index in [1.54, 1.807) is 24.3 Å². The predicted molar refractivity (Wildman–Crippen MR) is 76.6 cm³/mol. The van der Waals surface area contributed by atoms with E-state index in [2.05, 4.69) is 5.43 Å². The number of nitrogens with two attached hydrogens (primary N) is 1. The average Bonchev–Trinajstić information content (AvgIpc) is 2.42. The van der Waals surface area contributed by atoms with E-state index in [-0.39, 0.29) is 11.1 Å². The average molecular weight is 299 g/mol. The van der Waals surface area contributed by atoms with Gasteiger partial charge in [0.15, 0.2) is 0 Å². The molecule has 0 saturated carbocycles. The van der Waals surface area contributed by atoms with Crippen molar-refractivity contribution in [1.82, 2.24) is 5.43 Å². The van der Waals surface area contributed by atoms with Crippen LogP contribution in [0.25, 0.3) is 0 Å². The van der Waals surface area contributed by atoms with Gasteiger partial charge in [0.2, 0.25) is 0 Å². The fourth-order valence-electron chi connectivity index (χ4n) is 1.89. The van der Waals surface area contributed by atoms with E-state index in [0.29, 0.717) is 17.0 Å². The number of hydrogen-bond acceptors (Lipinski definition) is 2. The van der Waals surface area contributed by atoms with Crippen LogP contribution in [0, 0.1) is 5.82 Å². The Bertz CT molecular complexity index is 558. The van der Waals surface area contributed by atoms with Crippen LogP contribution in [0.15, 0.2) is 42.5 Å². The number of hydrazine groups is 1. The second-order valence-electron chi connectivity index (χ2n) is 4.19. The number of nitrogens with one attached hydrogen (secondary N) is 1. The van der Waals surface area contributed by atoms with E-state index in [1.165, 1.54) is 6.07 Å². The summed E-state index contributed by atoms with van der Waals surface area (Å²) in [7, 11) is 0. The highest BCUT2D eigenvalue weighted by Crippen LogP contribution is 2.24. The van der Waals surface area contributed by atoms with Gasteiger partial charge in [-0.15, -0.1) is 0 Å². The van der Waals surface area contributed by atoms with Crippen LogP contribution in [0.5, 0.6) is 0 Å². The molecule has 0 spiro atoms. The molecule has 0 saturated heterocycles. The zero-order valence-electron chi connectivity index (χ0n) is 10.0. The smallest absolute Gasteiger partial charge is 0.145 e. The molecule has 0 heterocycles. The molecule has 2 aromatic carbocycles. The van der Waals surface area contributed by atoms with Crippen molar-refractivity contribution in [1.29, 1.82) is 0 Å². The molecule has 0 aromatic heterocycles. The summed E-state index contributed by atoms with van der Waals surface area (Å²) in [6.07, 6.45) is 0.407. The lowest BCUT2D eigenvalue weighted by molar-refractivity contribution is 0.529. The molecule has 100 valence electrons. The van der Waals surface area contributed by atoms with Crippen molar-refractivity contribution in [3.8, 4) is 0 Å². The summed E-state index contributed by atoms with van der Waals surface area (Å²) in [6, 6.07) is 12.0. The molecule has 0 aliphatic heterocycles. The number of benzene rings is 2. The van der Waals surface area contributed by atoms with Crippen molar-refractivity contribution < 1.29 is 4.39 Å². The minimum atomic E-state index is -0.404. The Kier molecular flexibility index (Phi) is 4.77. The molecule has 3 N–H and O–H groups in total. The van der Waals surface area contributed by atoms with Crippen LogP contribution >= 0.6 is 23.2 Å². The van der Waals surface area contributed by atoms with Gasteiger partial charge in [-0.25, -0.2) is 4.39 Å². The Morgan fingerprint density at radius 1 is 1.11 bits per heavy atom. The monoisotopic (exact) mass is 298 g/mol. The van der Waals surface area contributed by atoms with Gasteiger partial charge < -0.3 is 0 Å². The third-order valence-electron chi connectivity index (χ3n) is 2.93. The van der Waals surface area contributed by atoms with Gasteiger partial charge >= 0.3 is 0 Å². The fourth-order valence-corrected chi connectivity index (χ4v) is 2.21. The van der Waals surface area contributed by atoms with Crippen LogP contribution < -0.4 is 11.3 Å². The van der Waals surface area contributed by atoms with Gasteiger partial charge in [0.1, 0.15) is 5.82 Å². The molecule has 0 aliphatic rings. The maximum absolute atomic E-state index is 13.9. The summed E-state index contributed by atoms with van der Waals surface area (Å²) < 4.78 is 13.9. The van der Waals surface area contributed by atoms with Crippen molar-refractivity contribution >= 4 is 23.2 Å². The Labute approximate surface area is 121 Å². The van der Waals surface area contributed by atoms with Crippen molar-refractivity contribution in [3.63, 3.8) is 0 Å². The molecule has 0 aliphatic carbocycles. The quantitative estimate of drug-likeness (QED) is 0.664. The largest absolute Gasteiger partial charge is 0.271 e. The van der Waals surface area contributed by atoms with Gasteiger partial charge in [-0.05, 0) is 35.7 Å². The van der Waals surface area contributed by atoms with Crippen LogP contribution in [-0.2, 0) is 6.42 Å². The lowest BCUT2D eigenvalue weighted by Gasteiger charge is -2.17. The van der Waals surface area contributed by atoms with E-state index in [0.717, 1.165) is 5.56 Å². The third-order valence-corrected chi connectivity index (χ3v) is 3.47. The van der Waals surface area contributed by atoms with E-state index in [9.17, 15) is 4.39 Å². The summed E-state index contributed by atoms with van der Waals surface area (Å²) >= 11 is 11.6. The Balaban J connectivity index is 2.24. The number of hydrogen-bond donors (Lipinski definition) is 2. The molecule has 0 bridgehead atoms. The topological polar surface area (TPSA) is 38.0 Å². The lowest BCUT2D eigenvalue weighted by atomic mass is 9.99. The van der Waals surface area contributed by atoms with Crippen molar-refractivity contribution in [3.05, 3.63) is 69.5 Å². The first kappa shape index (κ1) is 14.3. The molecule has 0 amide bonds. The first-order valence-electron chi connectivity index (χ1n) is 5.76. The summed E-state index contributed by atoms with van der Waals surface area (Å²) in [6.45, 7) is 0. The van der Waals surface area contributed by atoms with Gasteiger partial charge in [-0.1, -0.05) is 47.5 Å². The van der Waals surface area contributed by atoms with E-state index >= 15 is 0 Å². The molecular formula is C14H13Cl2FN2. The zero-order chi connectivity index (χ0) is 13.8. The van der Waals surface area contributed by atoms with Crippen LogP contribution in [0.3, 0.4) is 0 Å². The highest BCUT2D eigenvalue weighted by Gasteiger charge is 2.14. The minimum Gasteiger partial charge on any atom is -0.271 e. The first-order valence-corrected chi connectivity index (χ1v) is 6.52. The predicted octanol–water partition coefficient (Wildman–Crippen LogP) is 3.88. The SMILES string of the molecule is NNC(Cc1cccc(Cl)c1F)c1ccc(Cl)cc1. The van der Waals surface area contributed by atoms with Crippen molar-refractivity contribution in [2.24, 2.45) is 5.84 Å². The maximum atomic E-state index is 13.9. The van der Waals surface area contributed by atoms with Gasteiger partial charge in [-0.3, -0.25) is 11.3 Å². The number of halogens is 3. The first-order chi connectivity index (χ1) is 9.11. The van der Waals surface area contributed by atoms with E-state index in [1.807, 2.05) is 12.1 Å².